The zero-order valence-electron chi connectivity index (χ0n) is 17.9. The van der Waals surface area contributed by atoms with Crippen molar-refractivity contribution in [3.05, 3.63) is 42.5 Å². The largest absolute Gasteiger partial charge is 0.494 e. The van der Waals surface area contributed by atoms with Gasteiger partial charge in [-0.2, -0.15) is 5.10 Å². The monoisotopic (exact) mass is 453 g/mol. The number of aromatic amines is 1. The first-order valence-corrected chi connectivity index (χ1v) is 10.4. The number of alkyl halides is 2. The van der Waals surface area contributed by atoms with Crippen molar-refractivity contribution in [1.82, 2.24) is 24.7 Å². The van der Waals surface area contributed by atoms with Crippen LogP contribution in [0.5, 0.6) is 5.75 Å². The number of para-hydroxylation sites is 1. The molecule has 0 bridgehead atoms. The van der Waals surface area contributed by atoms with Gasteiger partial charge in [0, 0.05) is 36.4 Å². The lowest BCUT2D eigenvalue weighted by Gasteiger charge is -2.15. The normalized spacial score (nSPS) is 13.5. The van der Waals surface area contributed by atoms with Crippen molar-refractivity contribution in [1.29, 1.82) is 0 Å². The summed E-state index contributed by atoms with van der Waals surface area (Å²) in [6.45, 7) is 0. The molecule has 1 aliphatic rings. The molecule has 11 heteroatoms. The van der Waals surface area contributed by atoms with E-state index in [4.69, 9.17) is 4.74 Å². The number of rotatable bonds is 7. The van der Waals surface area contributed by atoms with Crippen molar-refractivity contribution in [2.75, 3.05) is 17.7 Å². The summed E-state index contributed by atoms with van der Waals surface area (Å²) in [5, 5.41) is 10.2. The Morgan fingerprint density at radius 2 is 2.09 bits per heavy atom. The SMILES string of the molecule is COc1c(Nc2cc(NC(=O)C3CC3)nc3[nH]c(C(F)F)nc23)cccc1-c1cnn(C)c1. The number of carbonyl (C=O) groups is 1. The molecule has 1 fully saturated rings. The maximum atomic E-state index is 13.3. The molecule has 1 aliphatic carbocycles. The van der Waals surface area contributed by atoms with Crippen molar-refractivity contribution in [3.63, 3.8) is 0 Å². The van der Waals surface area contributed by atoms with E-state index in [2.05, 4.69) is 30.7 Å². The standard InChI is InChI=1S/C22H21F2N7O2/c1-31-10-12(9-25-31)13-4-3-5-14(18(13)33-2)26-15-8-16(28-22(32)11-6-7-11)27-20-17(15)29-21(30-20)19(23)24/h3-5,8-11,19H,6-7H2,1-2H3,(H3,26,27,28,29,30,32). The molecule has 0 saturated heterocycles. The molecule has 1 aromatic carbocycles. The van der Waals surface area contributed by atoms with Gasteiger partial charge in [0.1, 0.15) is 17.1 Å². The topological polar surface area (TPSA) is 110 Å². The molecule has 3 heterocycles. The number of hydrogen-bond donors (Lipinski definition) is 3. The number of H-pyrrole nitrogens is 1. The van der Waals surface area contributed by atoms with E-state index in [0.29, 0.717) is 17.1 Å². The lowest BCUT2D eigenvalue weighted by atomic mass is 10.1. The minimum atomic E-state index is -2.79. The lowest BCUT2D eigenvalue weighted by Crippen LogP contribution is -2.14. The van der Waals surface area contributed by atoms with Gasteiger partial charge in [0.25, 0.3) is 6.43 Å². The fourth-order valence-corrected chi connectivity index (χ4v) is 3.63. The van der Waals surface area contributed by atoms with Crippen LogP contribution in [0, 0.1) is 5.92 Å². The molecule has 0 atom stereocenters. The Morgan fingerprint density at radius 3 is 2.76 bits per heavy atom. The molecule has 3 N–H and O–H groups in total. The summed E-state index contributed by atoms with van der Waals surface area (Å²) in [4.78, 5) is 23.1. The zero-order chi connectivity index (χ0) is 23.1. The Balaban J connectivity index is 1.58. The highest BCUT2D eigenvalue weighted by Gasteiger charge is 2.30. The van der Waals surface area contributed by atoms with Crippen molar-refractivity contribution in [2.45, 2.75) is 19.3 Å². The first-order valence-electron chi connectivity index (χ1n) is 10.4. The number of benzene rings is 1. The minimum Gasteiger partial charge on any atom is -0.494 e. The van der Waals surface area contributed by atoms with E-state index in [1.807, 2.05) is 25.4 Å². The highest BCUT2D eigenvalue weighted by molar-refractivity contribution is 5.97. The second-order valence-corrected chi connectivity index (χ2v) is 7.85. The van der Waals surface area contributed by atoms with Crippen LogP contribution in [0.2, 0.25) is 0 Å². The number of ether oxygens (including phenoxy) is 1. The van der Waals surface area contributed by atoms with Gasteiger partial charge in [0.05, 0.1) is 24.7 Å². The Hall–Kier alpha value is -4.02. The maximum absolute atomic E-state index is 13.3. The Bertz CT molecular complexity index is 1340. The number of aromatic nitrogens is 5. The van der Waals surface area contributed by atoms with E-state index >= 15 is 0 Å². The van der Waals surface area contributed by atoms with Gasteiger partial charge in [-0.15, -0.1) is 0 Å². The quantitative estimate of drug-likeness (QED) is 0.383. The molecule has 9 nitrogen and oxygen atoms in total. The fourth-order valence-electron chi connectivity index (χ4n) is 3.63. The number of fused-ring (bicyclic) bond motifs is 1. The minimum absolute atomic E-state index is 0.0337. The molecule has 0 unspecified atom stereocenters. The molecule has 1 saturated carbocycles. The summed E-state index contributed by atoms with van der Waals surface area (Å²) in [7, 11) is 3.37. The Kier molecular flexibility index (Phi) is 5.15. The summed E-state index contributed by atoms with van der Waals surface area (Å²) in [6.07, 6.45) is 2.45. The number of imidazole rings is 1. The molecule has 4 aromatic rings. The third-order valence-electron chi connectivity index (χ3n) is 5.38. The molecule has 0 aliphatic heterocycles. The first kappa shape index (κ1) is 20.9. The number of halogens is 2. The summed E-state index contributed by atoms with van der Waals surface area (Å²) < 4.78 is 34.0. The molecule has 5 rings (SSSR count). The van der Waals surface area contributed by atoms with Gasteiger partial charge >= 0.3 is 0 Å². The van der Waals surface area contributed by atoms with Crippen LogP contribution >= 0.6 is 0 Å². The van der Waals surface area contributed by atoms with Crippen molar-refractivity contribution >= 4 is 34.3 Å². The number of pyridine rings is 1. The molecule has 1 amide bonds. The number of carbonyl (C=O) groups excluding carboxylic acids is 1. The Morgan fingerprint density at radius 1 is 1.27 bits per heavy atom. The third-order valence-corrected chi connectivity index (χ3v) is 5.38. The number of amides is 1. The van der Waals surface area contributed by atoms with Crippen LogP contribution in [-0.2, 0) is 11.8 Å². The van der Waals surface area contributed by atoms with Gasteiger partial charge in [-0.3, -0.25) is 9.48 Å². The summed E-state index contributed by atoms with van der Waals surface area (Å²) in [5.41, 5.74) is 3.02. The van der Waals surface area contributed by atoms with E-state index in [-0.39, 0.29) is 28.8 Å². The van der Waals surface area contributed by atoms with Gasteiger partial charge in [0.15, 0.2) is 11.5 Å². The first-order chi connectivity index (χ1) is 15.9. The molecule has 170 valence electrons. The average molecular weight is 453 g/mol. The van der Waals surface area contributed by atoms with Gasteiger partial charge in [-0.05, 0) is 18.9 Å². The average Bonchev–Trinajstić information content (AvgIpc) is 3.41. The predicted molar refractivity (Wildman–Crippen MR) is 119 cm³/mol. The van der Waals surface area contributed by atoms with Crippen molar-refractivity contribution in [2.24, 2.45) is 13.0 Å². The summed E-state index contributed by atoms with van der Waals surface area (Å²) in [5.74, 6) is 0.116. The molecule has 0 radical (unpaired) electrons. The van der Waals surface area contributed by atoms with Crippen LogP contribution in [0.25, 0.3) is 22.3 Å². The summed E-state index contributed by atoms with van der Waals surface area (Å²) in [6, 6.07) is 7.12. The number of methoxy groups -OCH3 is 1. The van der Waals surface area contributed by atoms with E-state index in [0.717, 1.165) is 24.0 Å². The highest BCUT2D eigenvalue weighted by Crippen LogP contribution is 2.39. The van der Waals surface area contributed by atoms with Crippen LogP contribution in [0.1, 0.15) is 25.1 Å². The van der Waals surface area contributed by atoms with Gasteiger partial charge in [-0.25, -0.2) is 18.7 Å². The lowest BCUT2D eigenvalue weighted by molar-refractivity contribution is -0.117. The Labute approximate surface area is 187 Å². The molecular formula is C22H21F2N7O2. The molecule has 33 heavy (non-hydrogen) atoms. The molecular weight excluding hydrogens is 432 g/mol. The van der Waals surface area contributed by atoms with Crippen LogP contribution in [0.4, 0.5) is 26.0 Å². The second kappa shape index (κ2) is 8.15. The number of aryl methyl sites for hydroxylation is 1. The van der Waals surface area contributed by atoms with Gasteiger partial charge < -0.3 is 20.4 Å². The van der Waals surface area contributed by atoms with Crippen LogP contribution < -0.4 is 15.4 Å². The van der Waals surface area contributed by atoms with Crippen LogP contribution in [0.15, 0.2) is 36.7 Å². The number of hydrogen-bond acceptors (Lipinski definition) is 6. The van der Waals surface area contributed by atoms with Crippen molar-refractivity contribution < 1.29 is 18.3 Å². The van der Waals surface area contributed by atoms with E-state index in [1.165, 1.54) is 0 Å². The van der Waals surface area contributed by atoms with E-state index in [9.17, 15) is 13.6 Å². The second-order valence-electron chi connectivity index (χ2n) is 7.85. The van der Waals surface area contributed by atoms with E-state index in [1.54, 1.807) is 30.1 Å². The van der Waals surface area contributed by atoms with Gasteiger partial charge in [0.2, 0.25) is 5.91 Å². The maximum Gasteiger partial charge on any atom is 0.295 e. The van der Waals surface area contributed by atoms with Gasteiger partial charge in [-0.1, -0.05) is 12.1 Å². The molecule has 0 spiro atoms. The van der Waals surface area contributed by atoms with E-state index < -0.39 is 12.2 Å². The predicted octanol–water partition coefficient (Wildman–Crippen LogP) is 4.40. The smallest absolute Gasteiger partial charge is 0.295 e. The highest BCUT2D eigenvalue weighted by atomic mass is 19.3. The fraction of sp³-hybridized carbons (Fsp3) is 0.273. The third kappa shape index (κ3) is 4.09. The number of nitrogens with zero attached hydrogens (tertiary/aromatic N) is 4. The van der Waals surface area contributed by atoms with Crippen molar-refractivity contribution in [3.8, 4) is 16.9 Å². The molecule has 3 aromatic heterocycles. The number of nitrogens with one attached hydrogen (secondary N) is 3. The van der Waals surface area contributed by atoms with Crippen LogP contribution in [0.3, 0.4) is 0 Å². The summed E-state index contributed by atoms with van der Waals surface area (Å²) >= 11 is 0. The van der Waals surface area contributed by atoms with Crippen LogP contribution in [-0.4, -0.2) is 37.7 Å². The number of anilines is 3. The zero-order valence-corrected chi connectivity index (χ0v) is 17.9.